The summed E-state index contributed by atoms with van der Waals surface area (Å²) in [6, 6.07) is 6.36. The molecule has 1 saturated heterocycles. The Kier molecular flexibility index (Phi) is 5.40. The van der Waals surface area contributed by atoms with E-state index in [0.29, 0.717) is 0 Å². The summed E-state index contributed by atoms with van der Waals surface area (Å²) in [4.78, 5) is 4.90. The molecule has 1 aliphatic heterocycles. The van der Waals surface area contributed by atoms with Crippen molar-refractivity contribution in [1.29, 1.82) is 0 Å². The first kappa shape index (κ1) is 15.3. The molecule has 1 atom stereocenters. The van der Waals surface area contributed by atoms with Gasteiger partial charge in [-0.1, -0.05) is 6.07 Å². The average molecular weight is 277 g/mol. The molecule has 4 heteroatoms. The van der Waals surface area contributed by atoms with Crippen molar-refractivity contribution in [2.24, 2.45) is 5.73 Å². The van der Waals surface area contributed by atoms with E-state index in [9.17, 15) is 0 Å². The molecule has 0 amide bonds. The zero-order valence-corrected chi connectivity index (χ0v) is 12.9. The van der Waals surface area contributed by atoms with Crippen LogP contribution in [-0.4, -0.2) is 50.1 Å². The Morgan fingerprint density at radius 2 is 2.05 bits per heavy atom. The van der Waals surface area contributed by atoms with Gasteiger partial charge in [0.2, 0.25) is 0 Å². The first-order chi connectivity index (χ1) is 9.60. The van der Waals surface area contributed by atoms with Crippen molar-refractivity contribution in [1.82, 2.24) is 9.80 Å². The lowest BCUT2D eigenvalue weighted by atomic mass is 10.0. The Morgan fingerprint density at radius 1 is 1.25 bits per heavy atom. The molecule has 0 aromatic heterocycles. The van der Waals surface area contributed by atoms with Gasteiger partial charge in [0, 0.05) is 31.2 Å². The van der Waals surface area contributed by atoms with Gasteiger partial charge in [-0.15, -0.1) is 0 Å². The monoisotopic (exact) mass is 277 g/mol. The zero-order chi connectivity index (χ0) is 14.5. The zero-order valence-electron chi connectivity index (χ0n) is 12.9. The van der Waals surface area contributed by atoms with Crippen LogP contribution in [0.4, 0.5) is 0 Å². The molecule has 1 fully saturated rings. The van der Waals surface area contributed by atoms with Gasteiger partial charge in [0.25, 0.3) is 0 Å². The molecule has 1 aromatic carbocycles. The van der Waals surface area contributed by atoms with Crippen LogP contribution in [-0.2, 0) is 6.54 Å². The Morgan fingerprint density at radius 3 is 2.75 bits per heavy atom. The average Bonchev–Trinajstić information content (AvgIpc) is 2.63. The summed E-state index contributed by atoms with van der Waals surface area (Å²) in [5.74, 6) is 0.965. The smallest absolute Gasteiger partial charge is 0.123 e. The van der Waals surface area contributed by atoms with Crippen molar-refractivity contribution >= 4 is 0 Å². The minimum absolute atomic E-state index is 0.0647. The van der Waals surface area contributed by atoms with Gasteiger partial charge in [-0.2, -0.15) is 0 Å². The highest BCUT2D eigenvalue weighted by atomic mass is 16.5. The van der Waals surface area contributed by atoms with E-state index in [0.717, 1.165) is 31.9 Å². The number of methoxy groups -OCH3 is 1. The van der Waals surface area contributed by atoms with Crippen molar-refractivity contribution in [2.75, 3.05) is 40.3 Å². The molecule has 0 aliphatic carbocycles. The maximum atomic E-state index is 5.99. The van der Waals surface area contributed by atoms with Gasteiger partial charge in [-0.25, -0.2) is 0 Å². The van der Waals surface area contributed by atoms with Crippen molar-refractivity contribution in [3.63, 3.8) is 0 Å². The van der Waals surface area contributed by atoms with Crippen LogP contribution in [0.15, 0.2) is 18.2 Å². The quantitative estimate of drug-likeness (QED) is 0.912. The van der Waals surface area contributed by atoms with E-state index in [1.54, 1.807) is 7.11 Å². The maximum Gasteiger partial charge on any atom is 0.123 e. The fourth-order valence-corrected chi connectivity index (χ4v) is 2.70. The van der Waals surface area contributed by atoms with Crippen LogP contribution < -0.4 is 10.5 Å². The van der Waals surface area contributed by atoms with Gasteiger partial charge in [0.15, 0.2) is 0 Å². The Labute approximate surface area is 122 Å². The van der Waals surface area contributed by atoms with Gasteiger partial charge in [-0.3, -0.25) is 4.90 Å². The summed E-state index contributed by atoms with van der Waals surface area (Å²) < 4.78 is 5.50. The molecule has 0 spiro atoms. The van der Waals surface area contributed by atoms with Crippen LogP contribution >= 0.6 is 0 Å². The van der Waals surface area contributed by atoms with Gasteiger partial charge < -0.3 is 15.4 Å². The summed E-state index contributed by atoms with van der Waals surface area (Å²) in [6.07, 6.45) is 1.23. The number of nitrogens with zero attached hydrogens (tertiary/aromatic N) is 2. The minimum atomic E-state index is 0.0647. The summed E-state index contributed by atoms with van der Waals surface area (Å²) in [7, 11) is 3.93. The molecule has 0 bridgehead atoms. The van der Waals surface area contributed by atoms with Crippen LogP contribution in [0.5, 0.6) is 5.75 Å². The molecule has 0 saturated carbocycles. The SMILES string of the molecule is COc1ccc(C(C)N)cc1CN1CCCN(C)CC1. The summed E-state index contributed by atoms with van der Waals surface area (Å²) in [5.41, 5.74) is 8.41. The molecule has 1 aromatic rings. The second kappa shape index (κ2) is 7.07. The molecule has 112 valence electrons. The molecular weight excluding hydrogens is 250 g/mol. The predicted molar refractivity (Wildman–Crippen MR) is 83.0 cm³/mol. The fourth-order valence-electron chi connectivity index (χ4n) is 2.70. The molecule has 4 nitrogen and oxygen atoms in total. The number of hydrogen-bond donors (Lipinski definition) is 1. The van der Waals surface area contributed by atoms with Crippen molar-refractivity contribution in [2.45, 2.75) is 25.9 Å². The Balaban J connectivity index is 2.12. The van der Waals surface area contributed by atoms with Gasteiger partial charge in [-0.05, 0) is 51.2 Å². The van der Waals surface area contributed by atoms with E-state index in [2.05, 4.69) is 29.0 Å². The number of likely N-dealkylation sites (N-methyl/N-ethyl adjacent to an activating group) is 1. The number of hydrogen-bond acceptors (Lipinski definition) is 4. The van der Waals surface area contributed by atoms with Gasteiger partial charge >= 0.3 is 0 Å². The van der Waals surface area contributed by atoms with Crippen LogP contribution in [0.2, 0.25) is 0 Å². The highest BCUT2D eigenvalue weighted by Crippen LogP contribution is 2.24. The highest BCUT2D eigenvalue weighted by molar-refractivity contribution is 5.38. The first-order valence-corrected chi connectivity index (χ1v) is 7.43. The molecule has 20 heavy (non-hydrogen) atoms. The van der Waals surface area contributed by atoms with E-state index < -0.39 is 0 Å². The second-order valence-corrected chi connectivity index (χ2v) is 5.79. The van der Waals surface area contributed by atoms with Crippen molar-refractivity contribution in [3.05, 3.63) is 29.3 Å². The lowest BCUT2D eigenvalue weighted by Gasteiger charge is -2.22. The second-order valence-electron chi connectivity index (χ2n) is 5.79. The van der Waals surface area contributed by atoms with E-state index >= 15 is 0 Å². The third-order valence-corrected chi connectivity index (χ3v) is 4.04. The Hall–Kier alpha value is -1.10. The highest BCUT2D eigenvalue weighted by Gasteiger charge is 2.15. The molecule has 1 heterocycles. The predicted octanol–water partition coefficient (Wildman–Crippen LogP) is 1.85. The summed E-state index contributed by atoms with van der Waals surface area (Å²) >= 11 is 0. The molecular formula is C16H27N3O. The van der Waals surface area contributed by atoms with Crippen LogP contribution in [0, 0.1) is 0 Å². The summed E-state index contributed by atoms with van der Waals surface area (Å²) in [6.45, 7) is 7.55. The molecule has 0 radical (unpaired) electrons. The standard InChI is InChI=1S/C16H27N3O/c1-13(17)14-5-6-16(20-3)15(11-14)12-19-8-4-7-18(2)9-10-19/h5-6,11,13H,4,7-10,12,17H2,1-3H3. The maximum absolute atomic E-state index is 5.99. The summed E-state index contributed by atoms with van der Waals surface area (Å²) in [5, 5.41) is 0. The lowest BCUT2D eigenvalue weighted by Crippen LogP contribution is -2.28. The van der Waals surface area contributed by atoms with Crippen molar-refractivity contribution in [3.8, 4) is 5.75 Å². The third kappa shape index (κ3) is 3.95. The lowest BCUT2D eigenvalue weighted by molar-refractivity contribution is 0.265. The van der Waals surface area contributed by atoms with Gasteiger partial charge in [0.05, 0.1) is 7.11 Å². The first-order valence-electron chi connectivity index (χ1n) is 7.43. The number of benzene rings is 1. The minimum Gasteiger partial charge on any atom is -0.496 e. The largest absolute Gasteiger partial charge is 0.496 e. The molecule has 2 rings (SSSR count). The van der Waals surface area contributed by atoms with E-state index in [-0.39, 0.29) is 6.04 Å². The number of nitrogens with two attached hydrogens (primary N) is 1. The van der Waals surface area contributed by atoms with Crippen molar-refractivity contribution < 1.29 is 4.74 Å². The number of ether oxygens (including phenoxy) is 1. The van der Waals surface area contributed by atoms with Crippen LogP contribution in [0.1, 0.15) is 30.5 Å². The van der Waals surface area contributed by atoms with Crippen LogP contribution in [0.25, 0.3) is 0 Å². The number of rotatable bonds is 4. The van der Waals surface area contributed by atoms with E-state index in [1.165, 1.54) is 24.1 Å². The molecule has 1 aliphatic rings. The molecule has 1 unspecified atom stereocenters. The van der Waals surface area contributed by atoms with E-state index in [4.69, 9.17) is 10.5 Å². The Bertz CT molecular complexity index is 434. The van der Waals surface area contributed by atoms with Gasteiger partial charge in [0.1, 0.15) is 5.75 Å². The normalized spacial score (nSPS) is 19.6. The van der Waals surface area contributed by atoms with E-state index in [1.807, 2.05) is 13.0 Å². The van der Waals surface area contributed by atoms with Crippen LogP contribution in [0.3, 0.4) is 0 Å². The fraction of sp³-hybridized carbons (Fsp3) is 0.625. The third-order valence-electron chi connectivity index (χ3n) is 4.04. The topological polar surface area (TPSA) is 41.7 Å². The molecule has 2 N–H and O–H groups in total.